The molecule has 2 aromatic carbocycles. The zero-order chi connectivity index (χ0) is 21.4. The SMILES string of the molecule is CCNCc1cccc(C(=O)N(CC)Cc2cccc(C(=O)OC(C)(C)C)c2)c1. The van der Waals surface area contributed by atoms with E-state index >= 15 is 0 Å². The molecule has 0 unspecified atom stereocenters. The van der Waals surface area contributed by atoms with Crippen LogP contribution in [-0.4, -0.2) is 35.5 Å². The fourth-order valence-electron chi connectivity index (χ4n) is 2.95. The standard InChI is InChI=1S/C24H32N2O3/c1-6-25-16-18-10-8-12-20(14-18)22(27)26(7-2)17-19-11-9-13-21(15-19)23(28)29-24(3,4)5/h8-15,25H,6-7,16-17H2,1-5H3. The van der Waals surface area contributed by atoms with Gasteiger partial charge in [0.05, 0.1) is 5.56 Å². The number of hydrogen-bond donors (Lipinski definition) is 1. The second-order valence-electron chi connectivity index (χ2n) is 8.00. The van der Waals surface area contributed by atoms with Gasteiger partial charge in [0, 0.05) is 25.2 Å². The number of carbonyl (C=O) groups is 2. The second kappa shape index (κ2) is 10.2. The van der Waals surface area contributed by atoms with Crippen LogP contribution in [0.15, 0.2) is 48.5 Å². The fourth-order valence-corrected chi connectivity index (χ4v) is 2.95. The predicted molar refractivity (Wildman–Crippen MR) is 116 cm³/mol. The van der Waals surface area contributed by atoms with Gasteiger partial charge in [-0.25, -0.2) is 4.79 Å². The molecule has 0 spiro atoms. The Morgan fingerprint density at radius 1 is 0.966 bits per heavy atom. The van der Waals surface area contributed by atoms with E-state index in [0.717, 1.165) is 24.2 Å². The van der Waals surface area contributed by atoms with Crippen molar-refractivity contribution >= 4 is 11.9 Å². The largest absolute Gasteiger partial charge is 0.456 e. The molecule has 2 rings (SSSR count). The highest BCUT2D eigenvalue weighted by Gasteiger charge is 2.19. The number of ether oxygens (including phenoxy) is 1. The molecule has 0 bridgehead atoms. The van der Waals surface area contributed by atoms with Gasteiger partial charge in [0.15, 0.2) is 0 Å². The lowest BCUT2D eigenvalue weighted by atomic mass is 10.1. The van der Waals surface area contributed by atoms with Crippen LogP contribution in [0.3, 0.4) is 0 Å². The third-order valence-corrected chi connectivity index (χ3v) is 4.36. The summed E-state index contributed by atoms with van der Waals surface area (Å²) in [5, 5.41) is 3.28. The van der Waals surface area contributed by atoms with Gasteiger partial charge in [0.2, 0.25) is 0 Å². The average molecular weight is 397 g/mol. The van der Waals surface area contributed by atoms with E-state index in [0.29, 0.717) is 24.2 Å². The monoisotopic (exact) mass is 396 g/mol. The maximum Gasteiger partial charge on any atom is 0.338 e. The van der Waals surface area contributed by atoms with Gasteiger partial charge in [-0.1, -0.05) is 31.2 Å². The zero-order valence-corrected chi connectivity index (χ0v) is 18.1. The van der Waals surface area contributed by atoms with Crippen LogP contribution in [0.4, 0.5) is 0 Å². The third-order valence-electron chi connectivity index (χ3n) is 4.36. The molecule has 0 radical (unpaired) electrons. The first kappa shape index (κ1) is 22.6. The Kier molecular flexibility index (Phi) is 7.97. The molecule has 0 fully saturated rings. The van der Waals surface area contributed by atoms with Gasteiger partial charge in [0.1, 0.15) is 5.60 Å². The molecular weight excluding hydrogens is 364 g/mol. The molecule has 2 aromatic rings. The number of benzene rings is 2. The summed E-state index contributed by atoms with van der Waals surface area (Å²) in [6.07, 6.45) is 0. The number of rotatable bonds is 8. The molecule has 0 aliphatic carbocycles. The van der Waals surface area contributed by atoms with E-state index < -0.39 is 5.60 Å². The van der Waals surface area contributed by atoms with Crippen LogP contribution < -0.4 is 5.32 Å². The summed E-state index contributed by atoms with van der Waals surface area (Å²) in [4.78, 5) is 27.1. The molecular formula is C24H32N2O3. The zero-order valence-electron chi connectivity index (χ0n) is 18.1. The maximum atomic E-state index is 13.0. The molecule has 156 valence electrons. The Hall–Kier alpha value is -2.66. The van der Waals surface area contributed by atoms with E-state index in [1.54, 1.807) is 17.0 Å². The van der Waals surface area contributed by atoms with Crippen molar-refractivity contribution in [3.8, 4) is 0 Å². The van der Waals surface area contributed by atoms with E-state index in [9.17, 15) is 9.59 Å². The molecule has 0 aromatic heterocycles. The van der Waals surface area contributed by atoms with Gasteiger partial charge < -0.3 is 15.0 Å². The van der Waals surface area contributed by atoms with E-state index in [4.69, 9.17) is 4.74 Å². The molecule has 0 heterocycles. The van der Waals surface area contributed by atoms with Crippen LogP contribution in [0, 0.1) is 0 Å². The van der Waals surface area contributed by atoms with Crippen LogP contribution in [0.2, 0.25) is 0 Å². The number of hydrogen-bond acceptors (Lipinski definition) is 4. The number of nitrogens with zero attached hydrogens (tertiary/aromatic N) is 1. The second-order valence-corrected chi connectivity index (χ2v) is 8.00. The van der Waals surface area contributed by atoms with Gasteiger partial charge >= 0.3 is 5.97 Å². The number of carbonyl (C=O) groups excluding carboxylic acids is 2. The van der Waals surface area contributed by atoms with Crippen molar-refractivity contribution in [1.82, 2.24) is 10.2 Å². The van der Waals surface area contributed by atoms with Crippen molar-refractivity contribution in [3.05, 3.63) is 70.8 Å². The summed E-state index contributed by atoms with van der Waals surface area (Å²) in [6, 6.07) is 15.0. The molecule has 29 heavy (non-hydrogen) atoms. The minimum Gasteiger partial charge on any atom is -0.456 e. The van der Waals surface area contributed by atoms with Gasteiger partial charge in [0.25, 0.3) is 5.91 Å². The highest BCUT2D eigenvalue weighted by atomic mass is 16.6. The Morgan fingerprint density at radius 3 is 2.21 bits per heavy atom. The molecule has 5 heteroatoms. The van der Waals surface area contributed by atoms with Crippen molar-refractivity contribution in [2.45, 2.75) is 53.3 Å². The lowest BCUT2D eigenvalue weighted by Crippen LogP contribution is -2.30. The van der Waals surface area contributed by atoms with Crippen LogP contribution >= 0.6 is 0 Å². The van der Waals surface area contributed by atoms with Crippen LogP contribution in [0.1, 0.15) is 66.5 Å². The first-order chi connectivity index (χ1) is 13.7. The summed E-state index contributed by atoms with van der Waals surface area (Å²) in [5.41, 5.74) is 2.60. The maximum absolute atomic E-state index is 13.0. The minimum atomic E-state index is -0.545. The number of nitrogens with one attached hydrogen (secondary N) is 1. The van der Waals surface area contributed by atoms with Gasteiger partial charge in [-0.15, -0.1) is 0 Å². The molecule has 0 saturated heterocycles. The lowest BCUT2D eigenvalue weighted by molar-refractivity contribution is 0.00693. The summed E-state index contributed by atoms with van der Waals surface area (Å²) in [5.74, 6) is -0.377. The summed E-state index contributed by atoms with van der Waals surface area (Å²) >= 11 is 0. The van der Waals surface area contributed by atoms with Crippen LogP contribution in [0.25, 0.3) is 0 Å². The van der Waals surface area contributed by atoms with Crippen molar-refractivity contribution < 1.29 is 14.3 Å². The minimum absolute atomic E-state index is 0.0199. The first-order valence-corrected chi connectivity index (χ1v) is 10.1. The Balaban J connectivity index is 2.14. The number of amides is 1. The van der Waals surface area contributed by atoms with Crippen LogP contribution in [-0.2, 0) is 17.8 Å². The molecule has 0 saturated carbocycles. The third kappa shape index (κ3) is 7.02. The molecule has 1 N–H and O–H groups in total. The molecule has 0 atom stereocenters. The van der Waals surface area contributed by atoms with E-state index in [2.05, 4.69) is 12.2 Å². The molecule has 5 nitrogen and oxygen atoms in total. The van der Waals surface area contributed by atoms with Crippen molar-refractivity contribution in [3.63, 3.8) is 0 Å². The van der Waals surface area contributed by atoms with Crippen LogP contribution in [0.5, 0.6) is 0 Å². The topological polar surface area (TPSA) is 58.6 Å². The smallest absolute Gasteiger partial charge is 0.338 e. The summed E-state index contributed by atoms with van der Waals surface area (Å²) < 4.78 is 5.45. The van der Waals surface area contributed by atoms with E-state index in [-0.39, 0.29) is 11.9 Å². The summed E-state index contributed by atoms with van der Waals surface area (Å²) in [7, 11) is 0. The average Bonchev–Trinajstić information content (AvgIpc) is 2.69. The van der Waals surface area contributed by atoms with Crippen molar-refractivity contribution in [2.24, 2.45) is 0 Å². The predicted octanol–water partition coefficient (Wildman–Crippen LogP) is 4.41. The Bertz CT molecular complexity index is 840. The normalized spacial score (nSPS) is 11.2. The highest BCUT2D eigenvalue weighted by Crippen LogP contribution is 2.16. The fraction of sp³-hybridized carbons (Fsp3) is 0.417. The van der Waals surface area contributed by atoms with Gasteiger partial charge in [-0.2, -0.15) is 0 Å². The summed E-state index contributed by atoms with van der Waals surface area (Å²) in [6.45, 7) is 12.2. The highest BCUT2D eigenvalue weighted by molar-refractivity contribution is 5.94. The first-order valence-electron chi connectivity index (χ1n) is 10.1. The van der Waals surface area contributed by atoms with Gasteiger partial charge in [-0.3, -0.25) is 4.79 Å². The van der Waals surface area contributed by atoms with Crippen molar-refractivity contribution in [1.29, 1.82) is 0 Å². The van der Waals surface area contributed by atoms with E-state index in [1.807, 2.05) is 64.1 Å². The molecule has 0 aliphatic rings. The number of esters is 1. The Morgan fingerprint density at radius 2 is 1.59 bits per heavy atom. The van der Waals surface area contributed by atoms with E-state index in [1.165, 1.54) is 0 Å². The van der Waals surface area contributed by atoms with Crippen molar-refractivity contribution in [2.75, 3.05) is 13.1 Å². The Labute approximate surface area is 174 Å². The quantitative estimate of drug-likeness (QED) is 0.672. The molecule has 1 amide bonds. The van der Waals surface area contributed by atoms with Gasteiger partial charge in [-0.05, 0) is 69.6 Å². The lowest BCUT2D eigenvalue weighted by Gasteiger charge is -2.22. The molecule has 0 aliphatic heterocycles.